The zero-order valence-corrected chi connectivity index (χ0v) is 9.94. The minimum absolute atomic E-state index is 0.0714. The average Bonchev–Trinajstić information content (AvgIpc) is 2.33. The molecule has 1 aliphatic heterocycles. The molecule has 6 heteroatoms. The first-order valence-corrected chi connectivity index (χ1v) is 5.63. The molecule has 1 heterocycles. The Morgan fingerprint density at radius 2 is 2.17 bits per heavy atom. The lowest BCUT2D eigenvalue weighted by atomic mass is 10.1. The van der Waals surface area contributed by atoms with Crippen LogP contribution in [-0.4, -0.2) is 40.8 Å². The topological polar surface area (TPSA) is 43.8 Å². The van der Waals surface area contributed by atoms with Crippen LogP contribution in [0.5, 0.6) is 0 Å². The minimum Gasteiger partial charge on any atom is -0.373 e. The van der Waals surface area contributed by atoms with Gasteiger partial charge in [0.1, 0.15) is 17.9 Å². The first kappa shape index (κ1) is 12.8. The van der Waals surface area contributed by atoms with Crippen LogP contribution in [0.2, 0.25) is 0 Å². The van der Waals surface area contributed by atoms with E-state index in [1.807, 2.05) is 0 Å². The number of nitrogens with zero attached hydrogens (tertiary/aromatic N) is 2. The summed E-state index contributed by atoms with van der Waals surface area (Å²) >= 11 is 0. The molecule has 0 saturated carbocycles. The van der Waals surface area contributed by atoms with E-state index in [-0.39, 0.29) is 18.1 Å². The Hall–Kier alpha value is -1.69. The summed E-state index contributed by atoms with van der Waals surface area (Å²) in [6.07, 6.45) is -0.391. The number of carbonyl (C=O) groups is 1. The highest BCUT2D eigenvalue weighted by atomic mass is 19.1. The van der Waals surface area contributed by atoms with E-state index in [0.717, 1.165) is 12.1 Å². The van der Waals surface area contributed by atoms with Crippen LogP contribution in [0.25, 0.3) is 0 Å². The number of amides is 2. The van der Waals surface area contributed by atoms with Crippen LogP contribution in [-0.2, 0) is 6.54 Å². The zero-order valence-electron chi connectivity index (χ0n) is 9.94. The van der Waals surface area contributed by atoms with Gasteiger partial charge in [-0.05, 0) is 6.07 Å². The van der Waals surface area contributed by atoms with Crippen molar-refractivity contribution in [3.05, 3.63) is 35.4 Å². The Bertz CT molecular complexity index is 467. The number of aliphatic hydroxyl groups is 1. The smallest absolute Gasteiger partial charge is 0.322 e. The highest BCUT2D eigenvalue weighted by Gasteiger charge is 2.29. The summed E-state index contributed by atoms with van der Waals surface area (Å²) < 4.78 is 26.2. The number of hydrogen-bond donors (Lipinski definition) is 1. The maximum atomic E-state index is 13.5. The van der Waals surface area contributed by atoms with Gasteiger partial charge in [0.05, 0.1) is 6.54 Å². The Morgan fingerprint density at radius 3 is 2.83 bits per heavy atom. The van der Waals surface area contributed by atoms with Crippen molar-refractivity contribution in [2.24, 2.45) is 0 Å². The second-order valence-electron chi connectivity index (χ2n) is 4.32. The van der Waals surface area contributed by atoms with Crippen molar-refractivity contribution >= 4 is 6.03 Å². The molecule has 0 aliphatic carbocycles. The van der Waals surface area contributed by atoms with Crippen LogP contribution in [0.1, 0.15) is 12.0 Å². The molecule has 18 heavy (non-hydrogen) atoms. The van der Waals surface area contributed by atoms with Gasteiger partial charge in [-0.15, -0.1) is 0 Å². The predicted octanol–water partition coefficient (Wildman–Crippen LogP) is 1.54. The third-order valence-corrected chi connectivity index (χ3v) is 3.05. The lowest BCUT2D eigenvalue weighted by Gasteiger charge is -2.36. The van der Waals surface area contributed by atoms with Gasteiger partial charge in [0.25, 0.3) is 0 Å². The first-order chi connectivity index (χ1) is 8.49. The van der Waals surface area contributed by atoms with Gasteiger partial charge in [-0.25, -0.2) is 13.6 Å². The lowest BCUT2D eigenvalue weighted by Crippen LogP contribution is -2.52. The fourth-order valence-electron chi connectivity index (χ4n) is 1.91. The van der Waals surface area contributed by atoms with E-state index in [2.05, 4.69) is 0 Å². The third-order valence-electron chi connectivity index (χ3n) is 3.05. The van der Waals surface area contributed by atoms with E-state index < -0.39 is 17.9 Å². The van der Waals surface area contributed by atoms with Crippen LogP contribution in [0.3, 0.4) is 0 Å². The second-order valence-corrected chi connectivity index (χ2v) is 4.32. The minimum atomic E-state index is -0.799. The summed E-state index contributed by atoms with van der Waals surface area (Å²) in [7, 11) is 1.49. The molecule has 0 radical (unpaired) electrons. The van der Waals surface area contributed by atoms with Gasteiger partial charge in [-0.2, -0.15) is 0 Å². The fraction of sp³-hybridized carbons (Fsp3) is 0.417. The summed E-state index contributed by atoms with van der Waals surface area (Å²) in [6.45, 7) is 0.420. The van der Waals surface area contributed by atoms with Crippen molar-refractivity contribution in [2.45, 2.75) is 19.2 Å². The van der Waals surface area contributed by atoms with Crippen molar-refractivity contribution in [3.8, 4) is 0 Å². The van der Waals surface area contributed by atoms with Crippen molar-refractivity contribution in [3.63, 3.8) is 0 Å². The first-order valence-electron chi connectivity index (χ1n) is 5.63. The maximum Gasteiger partial charge on any atom is 0.322 e. The second kappa shape index (κ2) is 4.89. The maximum absolute atomic E-state index is 13.5. The van der Waals surface area contributed by atoms with Crippen molar-refractivity contribution in [1.29, 1.82) is 0 Å². The number of rotatable bonds is 2. The standard InChI is InChI=1S/C12H14F2N2O2/c1-15-11(17)4-5-16(12(15)18)7-8-2-3-9(13)6-10(8)14/h2-3,6,11,17H,4-5,7H2,1H3. The summed E-state index contributed by atoms with van der Waals surface area (Å²) in [5, 5.41) is 9.48. The third kappa shape index (κ3) is 2.43. The molecule has 1 aromatic carbocycles. The zero-order chi connectivity index (χ0) is 13.3. The van der Waals surface area contributed by atoms with Gasteiger partial charge in [-0.1, -0.05) is 6.07 Å². The Morgan fingerprint density at radius 1 is 1.44 bits per heavy atom. The molecule has 0 aromatic heterocycles. The molecule has 4 nitrogen and oxygen atoms in total. The SMILES string of the molecule is CN1C(=O)N(Cc2ccc(F)cc2F)CCC1O. The van der Waals surface area contributed by atoms with Gasteiger partial charge >= 0.3 is 6.03 Å². The highest BCUT2D eigenvalue weighted by molar-refractivity contribution is 5.75. The van der Waals surface area contributed by atoms with Crippen LogP contribution in [0.15, 0.2) is 18.2 Å². The number of benzene rings is 1. The largest absolute Gasteiger partial charge is 0.373 e. The molecule has 2 rings (SSSR count). The van der Waals surface area contributed by atoms with Crippen LogP contribution < -0.4 is 0 Å². The van der Waals surface area contributed by atoms with Gasteiger partial charge in [-0.3, -0.25) is 0 Å². The van der Waals surface area contributed by atoms with E-state index in [4.69, 9.17) is 0 Å². The average molecular weight is 256 g/mol. The molecule has 1 atom stereocenters. The van der Waals surface area contributed by atoms with Gasteiger partial charge in [0.2, 0.25) is 0 Å². The normalized spacial score (nSPS) is 20.4. The van der Waals surface area contributed by atoms with Crippen molar-refractivity contribution in [2.75, 3.05) is 13.6 Å². The van der Waals surface area contributed by atoms with E-state index in [9.17, 15) is 18.7 Å². The Labute approximate surface area is 103 Å². The van der Waals surface area contributed by atoms with Crippen molar-refractivity contribution < 1.29 is 18.7 Å². The monoisotopic (exact) mass is 256 g/mol. The molecule has 98 valence electrons. The highest BCUT2D eigenvalue weighted by Crippen LogP contribution is 2.17. The molecule has 1 saturated heterocycles. The summed E-state index contributed by atoms with van der Waals surface area (Å²) in [4.78, 5) is 14.4. The summed E-state index contributed by atoms with van der Waals surface area (Å²) in [5.41, 5.74) is 0.259. The molecule has 2 amide bonds. The van der Waals surface area contributed by atoms with E-state index >= 15 is 0 Å². The number of aliphatic hydroxyl groups excluding tert-OH is 1. The van der Waals surface area contributed by atoms with E-state index in [1.165, 1.54) is 22.9 Å². The number of hydrogen-bond acceptors (Lipinski definition) is 2. The van der Waals surface area contributed by atoms with Crippen LogP contribution >= 0.6 is 0 Å². The molecule has 0 spiro atoms. The number of halogens is 2. The molecule has 1 fully saturated rings. The molecule has 1 aromatic rings. The van der Waals surface area contributed by atoms with Gasteiger partial charge < -0.3 is 14.9 Å². The number of urea groups is 1. The predicted molar refractivity (Wildman–Crippen MR) is 60.6 cm³/mol. The molecule has 1 aliphatic rings. The van der Waals surface area contributed by atoms with Crippen LogP contribution in [0.4, 0.5) is 13.6 Å². The fourth-order valence-corrected chi connectivity index (χ4v) is 1.91. The molecule has 0 bridgehead atoms. The van der Waals surface area contributed by atoms with Crippen molar-refractivity contribution in [1.82, 2.24) is 9.80 Å². The molecule has 1 N–H and O–H groups in total. The van der Waals surface area contributed by atoms with Crippen LogP contribution in [0, 0.1) is 11.6 Å². The van der Waals surface area contributed by atoms with Gasteiger partial charge in [0, 0.05) is 31.6 Å². The summed E-state index contributed by atoms with van der Waals surface area (Å²) in [5.74, 6) is -1.31. The Kier molecular flexibility index (Phi) is 3.47. The lowest BCUT2D eigenvalue weighted by molar-refractivity contribution is -0.00365. The molecular weight excluding hydrogens is 242 g/mol. The van der Waals surface area contributed by atoms with E-state index in [1.54, 1.807) is 0 Å². The molecule has 1 unspecified atom stereocenters. The van der Waals surface area contributed by atoms with E-state index in [0.29, 0.717) is 13.0 Å². The number of carbonyl (C=O) groups excluding carboxylic acids is 1. The summed E-state index contributed by atoms with van der Waals surface area (Å²) in [6, 6.07) is 2.91. The Balaban J connectivity index is 2.12. The quantitative estimate of drug-likeness (QED) is 0.872. The molecular formula is C12H14F2N2O2. The van der Waals surface area contributed by atoms with Gasteiger partial charge in [0.15, 0.2) is 0 Å².